The van der Waals surface area contributed by atoms with Gasteiger partial charge in [0.15, 0.2) is 0 Å². The summed E-state index contributed by atoms with van der Waals surface area (Å²) in [5, 5.41) is 4.33. The van der Waals surface area contributed by atoms with Gasteiger partial charge in [0, 0.05) is 6.54 Å². The van der Waals surface area contributed by atoms with Crippen LogP contribution in [0.2, 0.25) is 0 Å². The smallest absolute Gasteiger partial charge is 0.147 e. The second-order valence-corrected chi connectivity index (χ2v) is 3.84. The Hall–Kier alpha value is -0.860. The van der Waals surface area contributed by atoms with Crippen LogP contribution >= 0.6 is 0 Å². The summed E-state index contributed by atoms with van der Waals surface area (Å²) in [6, 6.07) is 0. The Balaban J connectivity index is 2.21. The quantitative estimate of drug-likeness (QED) is 0.653. The predicted octanol–water partition coefficient (Wildman–Crippen LogP) is 2.87. The number of rotatable bonds is 6. The molecule has 0 aliphatic rings. The van der Waals surface area contributed by atoms with Gasteiger partial charge in [0.05, 0.1) is 0 Å². The third-order valence-corrected chi connectivity index (χ3v) is 2.44. The van der Waals surface area contributed by atoms with E-state index in [1.165, 1.54) is 32.1 Å². The normalized spacial score (nSPS) is 10.8. The average Bonchev–Trinajstić information content (AvgIpc) is 2.45. The van der Waals surface area contributed by atoms with E-state index in [9.17, 15) is 0 Å². The average molecular weight is 195 g/mol. The zero-order valence-corrected chi connectivity index (χ0v) is 9.58. The van der Waals surface area contributed by atoms with Crippen molar-refractivity contribution >= 4 is 0 Å². The van der Waals surface area contributed by atoms with Gasteiger partial charge < -0.3 is 0 Å². The van der Waals surface area contributed by atoms with Crippen molar-refractivity contribution in [3.63, 3.8) is 0 Å². The van der Waals surface area contributed by atoms with Crippen LogP contribution in [0.4, 0.5) is 0 Å². The summed E-state index contributed by atoms with van der Waals surface area (Å²) in [6.45, 7) is 7.23. The first-order chi connectivity index (χ1) is 6.74. The standard InChI is InChI=1S/C11H21N3/c1-4-5-6-7-8-9-14-11(3)12-10(2)13-14/h4-9H2,1-3H3. The highest BCUT2D eigenvalue weighted by molar-refractivity contribution is 4.87. The van der Waals surface area contributed by atoms with Gasteiger partial charge in [0.25, 0.3) is 0 Å². The summed E-state index contributed by atoms with van der Waals surface area (Å²) in [7, 11) is 0. The fraction of sp³-hybridized carbons (Fsp3) is 0.818. The molecule has 0 atom stereocenters. The summed E-state index contributed by atoms with van der Waals surface area (Å²) in [5.41, 5.74) is 0. The van der Waals surface area contributed by atoms with Gasteiger partial charge in [0.1, 0.15) is 11.6 Å². The molecule has 1 rings (SSSR count). The zero-order chi connectivity index (χ0) is 10.4. The lowest BCUT2D eigenvalue weighted by Gasteiger charge is -2.02. The molecule has 14 heavy (non-hydrogen) atoms. The minimum Gasteiger partial charge on any atom is -0.250 e. The van der Waals surface area contributed by atoms with Gasteiger partial charge in [-0.1, -0.05) is 32.6 Å². The maximum Gasteiger partial charge on any atom is 0.147 e. The third kappa shape index (κ3) is 3.48. The zero-order valence-electron chi connectivity index (χ0n) is 9.58. The molecule has 0 saturated heterocycles. The summed E-state index contributed by atoms with van der Waals surface area (Å²) < 4.78 is 2.02. The number of hydrogen-bond donors (Lipinski definition) is 0. The van der Waals surface area contributed by atoms with Gasteiger partial charge in [-0.2, -0.15) is 5.10 Å². The molecule has 0 fully saturated rings. The SMILES string of the molecule is CCCCCCCn1nc(C)nc1C. The minimum absolute atomic E-state index is 0.885. The molecule has 0 aliphatic heterocycles. The Kier molecular flexibility index (Phi) is 4.63. The summed E-state index contributed by atoms with van der Waals surface area (Å²) >= 11 is 0. The van der Waals surface area contributed by atoms with Crippen molar-refractivity contribution in [3.05, 3.63) is 11.6 Å². The highest BCUT2D eigenvalue weighted by Gasteiger charge is 2.00. The van der Waals surface area contributed by atoms with Crippen LogP contribution in [0.3, 0.4) is 0 Å². The Morgan fingerprint density at radius 1 is 1.07 bits per heavy atom. The number of aromatic nitrogens is 3. The van der Waals surface area contributed by atoms with Crippen molar-refractivity contribution < 1.29 is 0 Å². The van der Waals surface area contributed by atoms with Crippen molar-refractivity contribution in [2.75, 3.05) is 0 Å². The van der Waals surface area contributed by atoms with Gasteiger partial charge in [-0.05, 0) is 20.3 Å². The van der Waals surface area contributed by atoms with Crippen molar-refractivity contribution in [1.82, 2.24) is 14.8 Å². The van der Waals surface area contributed by atoms with Crippen molar-refractivity contribution in [2.24, 2.45) is 0 Å². The molecule has 0 bridgehead atoms. The lowest BCUT2D eigenvalue weighted by molar-refractivity contribution is 0.521. The van der Waals surface area contributed by atoms with E-state index >= 15 is 0 Å². The van der Waals surface area contributed by atoms with E-state index in [2.05, 4.69) is 17.0 Å². The molecule has 1 heterocycles. The summed E-state index contributed by atoms with van der Waals surface area (Å²) in [6.07, 6.45) is 6.55. The van der Waals surface area contributed by atoms with Crippen LogP contribution in [0.5, 0.6) is 0 Å². The Morgan fingerprint density at radius 2 is 1.79 bits per heavy atom. The van der Waals surface area contributed by atoms with Crippen LogP contribution in [-0.2, 0) is 6.54 Å². The van der Waals surface area contributed by atoms with Crippen LogP contribution in [0.25, 0.3) is 0 Å². The van der Waals surface area contributed by atoms with Crippen molar-refractivity contribution in [3.8, 4) is 0 Å². The molecule has 1 aromatic heterocycles. The number of unbranched alkanes of at least 4 members (excludes halogenated alkanes) is 4. The highest BCUT2D eigenvalue weighted by atomic mass is 15.3. The highest BCUT2D eigenvalue weighted by Crippen LogP contribution is 2.05. The van der Waals surface area contributed by atoms with E-state index in [1.54, 1.807) is 0 Å². The van der Waals surface area contributed by atoms with Gasteiger partial charge in [-0.25, -0.2) is 4.98 Å². The second kappa shape index (κ2) is 5.78. The van der Waals surface area contributed by atoms with E-state index in [0.29, 0.717) is 0 Å². The van der Waals surface area contributed by atoms with Gasteiger partial charge in [0.2, 0.25) is 0 Å². The minimum atomic E-state index is 0.885. The fourth-order valence-electron chi connectivity index (χ4n) is 1.64. The van der Waals surface area contributed by atoms with Crippen molar-refractivity contribution in [1.29, 1.82) is 0 Å². The molecule has 3 heteroatoms. The van der Waals surface area contributed by atoms with E-state index < -0.39 is 0 Å². The maximum absolute atomic E-state index is 4.33. The molecular weight excluding hydrogens is 174 g/mol. The molecule has 1 aromatic rings. The molecule has 0 aliphatic carbocycles. The third-order valence-electron chi connectivity index (χ3n) is 2.44. The van der Waals surface area contributed by atoms with Crippen LogP contribution in [0, 0.1) is 13.8 Å². The molecule has 0 spiro atoms. The molecular formula is C11H21N3. The van der Waals surface area contributed by atoms with Crippen molar-refractivity contribution in [2.45, 2.75) is 59.4 Å². The monoisotopic (exact) mass is 195 g/mol. The lowest BCUT2D eigenvalue weighted by Crippen LogP contribution is -2.02. The molecule has 0 saturated carbocycles. The van der Waals surface area contributed by atoms with Crippen LogP contribution in [0.1, 0.15) is 50.7 Å². The Morgan fingerprint density at radius 3 is 2.36 bits per heavy atom. The molecule has 0 aromatic carbocycles. The Labute approximate surface area is 86.5 Å². The molecule has 0 amide bonds. The molecule has 0 N–H and O–H groups in total. The summed E-state index contributed by atoms with van der Waals surface area (Å²) in [4.78, 5) is 4.28. The number of hydrogen-bond acceptors (Lipinski definition) is 2. The largest absolute Gasteiger partial charge is 0.250 e. The van der Waals surface area contributed by atoms with Gasteiger partial charge in [-0.15, -0.1) is 0 Å². The van der Waals surface area contributed by atoms with E-state index in [1.807, 2.05) is 18.5 Å². The summed E-state index contributed by atoms with van der Waals surface area (Å²) in [5.74, 6) is 1.93. The number of nitrogens with zero attached hydrogens (tertiary/aromatic N) is 3. The van der Waals surface area contributed by atoms with Crippen LogP contribution in [-0.4, -0.2) is 14.8 Å². The first kappa shape index (κ1) is 11.2. The van der Waals surface area contributed by atoms with Gasteiger partial charge in [-0.3, -0.25) is 4.68 Å². The number of aryl methyl sites for hydroxylation is 3. The van der Waals surface area contributed by atoms with E-state index in [-0.39, 0.29) is 0 Å². The van der Waals surface area contributed by atoms with Crippen LogP contribution in [0.15, 0.2) is 0 Å². The lowest BCUT2D eigenvalue weighted by atomic mass is 10.1. The molecule has 0 radical (unpaired) electrons. The maximum atomic E-state index is 4.33. The molecule has 80 valence electrons. The van der Waals surface area contributed by atoms with E-state index in [4.69, 9.17) is 0 Å². The predicted molar refractivity (Wildman–Crippen MR) is 58.3 cm³/mol. The van der Waals surface area contributed by atoms with Crippen LogP contribution < -0.4 is 0 Å². The molecule has 3 nitrogen and oxygen atoms in total. The first-order valence-electron chi connectivity index (χ1n) is 5.62. The second-order valence-electron chi connectivity index (χ2n) is 3.84. The first-order valence-corrected chi connectivity index (χ1v) is 5.62. The molecule has 0 unspecified atom stereocenters. The topological polar surface area (TPSA) is 30.7 Å². The van der Waals surface area contributed by atoms with Gasteiger partial charge >= 0.3 is 0 Å². The fourth-order valence-corrected chi connectivity index (χ4v) is 1.64. The van der Waals surface area contributed by atoms with E-state index in [0.717, 1.165) is 18.2 Å². The Bertz CT molecular complexity index is 265.